The number of nitrogens with zero attached hydrogens (tertiary/aromatic N) is 4. The molecule has 1 unspecified atom stereocenters. The molecule has 0 saturated carbocycles. The van der Waals surface area contributed by atoms with Crippen LogP contribution >= 0.6 is 0 Å². The van der Waals surface area contributed by atoms with E-state index in [1.54, 1.807) is 6.20 Å². The lowest BCUT2D eigenvalue weighted by Gasteiger charge is -2.23. The summed E-state index contributed by atoms with van der Waals surface area (Å²) in [6.45, 7) is 1.48. The number of ether oxygens (including phenoxy) is 1. The Morgan fingerprint density at radius 3 is 2.69 bits per heavy atom. The summed E-state index contributed by atoms with van der Waals surface area (Å²) in [5.74, 6) is 0.833. The van der Waals surface area contributed by atoms with Gasteiger partial charge in [-0.15, -0.1) is 0 Å². The van der Waals surface area contributed by atoms with Gasteiger partial charge in [-0.2, -0.15) is 0 Å². The molecule has 4 heterocycles. The van der Waals surface area contributed by atoms with E-state index in [1.807, 2.05) is 12.1 Å². The first kappa shape index (κ1) is 19.4. The first-order valence-corrected chi connectivity index (χ1v) is 9.32. The average Bonchev–Trinajstić information content (AvgIpc) is 3.17. The highest BCUT2D eigenvalue weighted by molar-refractivity contribution is 5.86. The number of pyridine rings is 1. The van der Waals surface area contributed by atoms with E-state index in [2.05, 4.69) is 25.3 Å². The van der Waals surface area contributed by atoms with Gasteiger partial charge in [-0.3, -0.25) is 0 Å². The number of rotatable bonds is 6. The van der Waals surface area contributed by atoms with Crippen LogP contribution < -0.4 is 10.2 Å². The molecule has 7 nitrogen and oxygen atoms in total. The van der Waals surface area contributed by atoms with Gasteiger partial charge in [-0.05, 0) is 18.9 Å². The maximum atomic E-state index is 13.6. The van der Waals surface area contributed by atoms with Crippen LogP contribution in [-0.4, -0.2) is 59.0 Å². The molecule has 29 heavy (non-hydrogen) atoms. The van der Waals surface area contributed by atoms with Crippen molar-refractivity contribution < 1.29 is 17.9 Å². The highest BCUT2D eigenvalue weighted by Crippen LogP contribution is 2.27. The Balaban J connectivity index is 1.57. The zero-order valence-corrected chi connectivity index (χ0v) is 15.8. The van der Waals surface area contributed by atoms with Crippen LogP contribution in [0.25, 0.3) is 22.3 Å². The maximum Gasteiger partial charge on any atom is 0.287 e. The minimum atomic E-state index is -3.13. The summed E-state index contributed by atoms with van der Waals surface area (Å²) in [4.78, 5) is 16.6. The first-order valence-electron chi connectivity index (χ1n) is 9.32. The van der Waals surface area contributed by atoms with E-state index in [1.165, 1.54) is 19.4 Å². The molecular formula is C19H21F3N6O. The molecular weight excluding hydrogens is 385 g/mol. The minimum Gasteiger partial charge on any atom is -0.381 e. The van der Waals surface area contributed by atoms with Crippen LogP contribution in [0.3, 0.4) is 0 Å². The van der Waals surface area contributed by atoms with E-state index in [4.69, 9.17) is 4.74 Å². The van der Waals surface area contributed by atoms with Crippen molar-refractivity contribution in [1.29, 1.82) is 0 Å². The second-order valence-corrected chi connectivity index (χ2v) is 6.95. The van der Waals surface area contributed by atoms with E-state index >= 15 is 0 Å². The number of anilines is 2. The van der Waals surface area contributed by atoms with Crippen molar-refractivity contribution in [1.82, 2.24) is 19.9 Å². The first-order chi connectivity index (χ1) is 14.0. The number of fused-ring (bicyclic) bond motifs is 1. The molecule has 10 heteroatoms. The second kappa shape index (κ2) is 8.24. The highest BCUT2D eigenvalue weighted by atomic mass is 19.3. The minimum absolute atomic E-state index is 0.0708. The molecule has 1 saturated heterocycles. The predicted molar refractivity (Wildman–Crippen MR) is 104 cm³/mol. The smallest absolute Gasteiger partial charge is 0.287 e. The summed E-state index contributed by atoms with van der Waals surface area (Å²) in [6, 6.07) is 5.56. The summed E-state index contributed by atoms with van der Waals surface area (Å²) in [7, 11) is 1.23. The molecule has 0 bridgehead atoms. The van der Waals surface area contributed by atoms with Crippen LogP contribution in [0.1, 0.15) is 12.8 Å². The number of alkyl halides is 3. The molecule has 1 fully saturated rings. The third-order valence-corrected chi connectivity index (χ3v) is 4.95. The Kier molecular flexibility index (Phi) is 5.52. The Hall–Kier alpha value is -2.88. The lowest BCUT2D eigenvalue weighted by molar-refractivity contribution is 0.0504. The van der Waals surface area contributed by atoms with Crippen molar-refractivity contribution in [2.75, 3.05) is 30.5 Å². The van der Waals surface area contributed by atoms with Gasteiger partial charge in [0.2, 0.25) is 6.30 Å². The van der Waals surface area contributed by atoms with Gasteiger partial charge in [0.1, 0.15) is 18.0 Å². The van der Waals surface area contributed by atoms with Crippen LogP contribution in [-0.2, 0) is 4.74 Å². The molecule has 3 aromatic rings. The third kappa shape index (κ3) is 4.26. The topological polar surface area (TPSA) is 79.0 Å². The van der Waals surface area contributed by atoms with Crippen LogP contribution in [0.15, 0.2) is 30.7 Å². The van der Waals surface area contributed by atoms with Gasteiger partial charge in [-0.1, -0.05) is 0 Å². The maximum absolute atomic E-state index is 13.6. The van der Waals surface area contributed by atoms with Crippen molar-refractivity contribution in [2.24, 2.45) is 0 Å². The van der Waals surface area contributed by atoms with Crippen LogP contribution in [0.5, 0.6) is 0 Å². The van der Waals surface area contributed by atoms with E-state index in [0.717, 1.165) is 47.7 Å². The number of halogens is 3. The number of aromatic amines is 1. The number of nitrogens with one attached hydrogen (secondary N) is 2. The molecule has 1 aliphatic heterocycles. The van der Waals surface area contributed by atoms with Crippen LogP contribution in [0.4, 0.5) is 24.8 Å². The van der Waals surface area contributed by atoms with E-state index in [-0.39, 0.29) is 5.82 Å². The van der Waals surface area contributed by atoms with Crippen molar-refractivity contribution >= 4 is 22.5 Å². The molecule has 154 valence electrons. The van der Waals surface area contributed by atoms with Crippen molar-refractivity contribution in [3.63, 3.8) is 0 Å². The number of hydrogen-bond donors (Lipinski definition) is 2. The van der Waals surface area contributed by atoms with Gasteiger partial charge in [0.25, 0.3) is 6.43 Å². The largest absolute Gasteiger partial charge is 0.381 e. The van der Waals surface area contributed by atoms with Crippen molar-refractivity contribution in [2.45, 2.75) is 31.6 Å². The molecule has 3 aromatic heterocycles. The Morgan fingerprint density at radius 2 is 1.93 bits per heavy atom. The van der Waals surface area contributed by atoms with E-state index in [0.29, 0.717) is 17.4 Å². The van der Waals surface area contributed by atoms with Crippen LogP contribution in [0, 0.1) is 0 Å². The molecule has 0 spiro atoms. The van der Waals surface area contributed by atoms with Crippen molar-refractivity contribution in [3.8, 4) is 11.4 Å². The molecule has 4 rings (SSSR count). The monoisotopic (exact) mass is 406 g/mol. The molecule has 0 aromatic carbocycles. The van der Waals surface area contributed by atoms with Gasteiger partial charge in [-0.25, -0.2) is 28.1 Å². The molecule has 1 atom stereocenters. The quantitative estimate of drug-likeness (QED) is 0.609. The van der Waals surface area contributed by atoms with E-state index in [9.17, 15) is 13.2 Å². The normalized spacial score (nSPS) is 16.3. The van der Waals surface area contributed by atoms with Crippen LogP contribution in [0.2, 0.25) is 0 Å². The molecule has 0 aliphatic carbocycles. The highest BCUT2D eigenvalue weighted by Gasteiger charge is 2.25. The van der Waals surface area contributed by atoms with Crippen molar-refractivity contribution in [3.05, 3.63) is 30.7 Å². The van der Waals surface area contributed by atoms with Gasteiger partial charge >= 0.3 is 0 Å². The molecule has 1 aliphatic rings. The summed E-state index contributed by atoms with van der Waals surface area (Å²) in [5, 5.41) is 4.29. The summed E-state index contributed by atoms with van der Waals surface area (Å²) in [5.41, 5.74) is 1.99. The third-order valence-electron chi connectivity index (χ3n) is 4.95. The SMILES string of the molecule is CN(c1cc(-c2cc3cnc(NC4CCOCC4)cc3[nH]2)ncn1)C(F)C(F)F. The fraction of sp³-hybridized carbons (Fsp3) is 0.421. The fourth-order valence-electron chi connectivity index (χ4n) is 3.28. The number of aromatic nitrogens is 4. The fourth-order valence-corrected chi connectivity index (χ4v) is 3.28. The zero-order chi connectivity index (χ0) is 20.4. The second-order valence-electron chi connectivity index (χ2n) is 6.95. The lowest BCUT2D eigenvalue weighted by Crippen LogP contribution is -2.34. The van der Waals surface area contributed by atoms with Gasteiger partial charge in [0, 0.05) is 50.0 Å². The summed E-state index contributed by atoms with van der Waals surface area (Å²) >= 11 is 0. The molecule has 2 N–H and O–H groups in total. The van der Waals surface area contributed by atoms with Gasteiger partial charge < -0.3 is 19.9 Å². The zero-order valence-electron chi connectivity index (χ0n) is 15.8. The van der Waals surface area contributed by atoms with Gasteiger partial charge in [0.15, 0.2) is 0 Å². The standard InChI is InChI=1S/C19H21F3N6O/c1-28(19(22)18(20)21)17-8-14(24-10-25-17)15-6-11-9-23-16(7-13(11)27-15)26-12-2-4-29-5-3-12/h6-10,12,18-19,27H,2-5H2,1H3,(H,23,26). The Morgan fingerprint density at radius 1 is 1.14 bits per heavy atom. The average molecular weight is 406 g/mol. The predicted octanol–water partition coefficient (Wildman–Crippen LogP) is 3.61. The Bertz CT molecular complexity index is 975. The summed E-state index contributed by atoms with van der Waals surface area (Å²) < 4.78 is 44.3. The number of hydrogen-bond acceptors (Lipinski definition) is 6. The molecule has 0 amide bonds. The van der Waals surface area contributed by atoms with Gasteiger partial charge in [0.05, 0.1) is 16.9 Å². The van der Waals surface area contributed by atoms with E-state index < -0.39 is 12.7 Å². The molecule has 0 radical (unpaired) electrons. The number of H-pyrrole nitrogens is 1. The lowest BCUT2D eigenvalue weighted by atomic mass is 10.1. The summed E-state index contributed by atoms with van der Waals surface area (Å²) in [6.07, 6.45) is -0.731. The Labute approximate surface area is 165 Å².